The molecule has 12 heavy (non-hydrogen) atoms. The average Bonchev–Trinajstić information content (AvgIpc) is 2.05. The SMILES string of the molecule is Cc1ccc2c(c1)SCC(N)=N2. The van der Waals surface area contributed by atoms with E-state index in [1.165, 1.54) is 10.5 Å². The molecule has 0 aliphatic carbocycles. The van der Waals surface area contributed by atoms with Gasteiger partial charge in [-0.15, -0.1) is 11.8 Å². The maximum absolute atomic E-state index is 5.62. The third-order valence-electron chi connectivity index (χ3n) is 1.75. The fraction of sp³-hybridized carbons (Fsp3) is 0.222. The van der Waals surface area contributed by atoms with Gasteiger partial charge < -0.3 is 5.73 Å². The molecule has 0 spiro atoms. The van der Waals surface area contributed by atoms with Gasteiger partial charge in [-0.2, -0.15) is 0 Å². The van der Waals surface area contributed by atoms with Crippen LogP contribution in [0.25, 0.3) is 0 Å². The molecule has 3 heteroatoms. The molecular weight excluding hydrogens is 168 g/mol. The highest BCUT2D eigenvalue weighted by molar-refractivity contribution is 8.00. The van der Waals surface area contributed by atoms with Crippen LogP contribution in [0.1, 0.15) is 5.56 Å². The normalized spacial score (nSPS) is 15.2. The number of benzene rings is 1. The molecule has 0 saturated carbocycles. The average molecular weight is 178 g/mol. The van der Waals surface area contributed by atoms with Crippen LogP contribution in [0.4, 0.5) is 5.69 Å². The van der Waals surface area contributed by atoms with E-state index in [0.29, 0.717) is 0 Å². The second kappa shape index (κ2) is 2.83. The summed E-state index contributed by atoms with van der Waals surface area (Å²) in [7, 11) is 0. The summed E-state index contributed by atoms with van der Waals surface area (Å²) >= 11 is 1.76. The summed E-state index contributed by atoms with van der Waals surface area (Å²) in [6, 6.07) is 6.22. The molecule has 0 unspecified atom stereocenters. The summed E-state index contributed by atoms with van der Waals surface area (Å²) in [4.78, 5) is 5.50. The second-order valence-corrected chi connectivity index (χ2v) is 3.88. The molecule has 0 amide bonds. The highest BCUT2D eigenvalue weighted by Gasteiger charge is 2.09. The van der Waals surface area contributed by atoms with Gasteiger partial charge in [0.05, 0.1) is 11.4 Å². The lowest BCUT2D eigenvalue weighted by Crippen LogP contribution is -2.16. The van der Waals surface area contributed by atoms with Gasteiger partial charge in [0.15, 0.2) is 0 Å². The molecule has 0 radical (unpaired) electrons. The molecule has 0 fully saturated rings. The fourth-order valence-electron chi connectivity index (χ4n) is 1.17. The third kappa shape index (κ3) is 1.32. The molecule has 0 atom stereocenters. The highest BCUT2D eigenvalue weighted by atomic mass is 32.2. The molecule has 2 nitrogen and oxygen atoms in total. The van der Waals surface area contributed by atoms with Crippen molar-refractivity contribution in [3.05, 3.63) is 23.8 Å². The summed E-state index contributed by atoms with van der Waals surface area (Å²) in [5, 5.41) is 0. The number of aryl methyl sites for hydroxylation is 1. The van der Waals surface area contributed by atoms with E-state index in [9.17, 15) is 0 Å². The van der Waals surface area contributed by atoms with E-state index in [1.54, 1.807) is 11.8 Å². The highest BCUT2D eigenvalue weighted by Crippen LogP contribution is 2.33. The lowest BCUT2D eigenvalue weighted by molar-refractivity contribution is 1.29. The van der Waals surface area contributed by atoms with Crippen molar-refractivity contribution in [1.29, 1.82) is 0 Å². The van der Waals surface area contributed by atoms with Crippen molar-refractivity contribution in [3.8, 4) is 0 Å². The summed E-state index contributed by atoms with van der Waals surface area (Å²) in [5.41, 5.74) is 7.90. The molecule has 62 valence electrons. The van der Waals surface area contributed by atoms with Crippen LogP contribution in [-0.4, -0.2) is 11.6 Å². The summed E-state index contributed by atoms with van der Waals surface area (Å²) in [6.07, 6.45) is 0. The van der Waals surface area contributed by atoms with Crippen molar-refractivity contribution in [1.82, 2.24) is 0 Å². The number of aliphatic imine (C=N–C) groups is 1. The van der Waals surface area contributed by atoms with Crippen molar-refractivity contribution in [2.24, 2.45) is 10.7 Å². The first-order chi connectivity index (χ1) is 5.75. The van der Waals surface area contributed by atoms with Gasteiger partial charge in [0.25, 0.3) is 0 Å². The van der Waals surface area contributed by atoms with Crippen molar-refractivity contribution >= 4 is 23.3 Å². The van der Waals surface area contributed by atoms with Gasteiger partial charge >= 0.3 is 0 Å². The number of hydrogen-bond acceptors (Lipinski definition) is 3. The minimum absolute atomic E-state index is 0.719. The van der Waals surface area contributed by atoms with Gasteiger partial charge in [-0.1, -0.05) is 6.07 Å². The molecule has 1 aromatic rings. The maximum Gasteiger partial charge on any atom is 0.110 e. The molecule has 2 rings (SSSR count). The third-order valence-corrected chi connectivity index (χ3v) is 2.83. The van der Waals surface area contributed by atoms with Crippen LogP contribution in [0.2, 0.25) is 0 Å². The first kappa shape index (κ1) is 7.68. The van der Waals surface area contributed by atoms with Gasteiger partial charge in [-0.05, 0) is 24.6 Å². The molecular formula is C9H10N2S. The Kier molecular flexibility index (Phi) is 1.81. The predicted octanol–water partition coefficient (Wildman–Crippen LogP) is 2.09. The fourth-order valence-corrected chi connectivity index (χ4v) is 2.07. The van der Waals surface area contributed by atoms with Crippen LogP contribution >= 0.6 is 11.8 Å². The van der Waals surface area contributed by atoms with Crippen LogP contribution in [0.15, 0.2) is 28.1 Å². The lowest BCUT2D eigenvalue weighted by Gasteiger charge is -2.12. The standard InChI is InChI=1S/C9H10N2S/c1-6-2-3-7-8(4-6)12-5-9(10)11-7/h2-4H,5H2,1H3,(H2,10,11). The molecule has 1 aromatic carbocycles. The largest absolute Gasteiger partial charge is 0.386 e. The van der Waals surface area contributed by atoms with Crippen molar-refractivity contribution in [3.63, 3.8) is 0 Å². The number of amidine groups is 1. The molecule has 1 heterocycles. The smallest absolute Gasteiger partial charge is 0.110 e. The quantitative estimate of drug-likeness (QED) is 0.660. The molecule has 1 aliphatic rings. The number of nitrogens with two attached hydrogens (primary N) is 1. The summed E-state index contributed by atoms with van der Waals surface area (Å²) in [5.74, 6) is 1.53. The van der Waals surface area contributed by atoms with E-state index >= 15 is 0 Å². The monoisotopic (exact) mass is 178 g/mol. The number of fused-ring (bicyclic) bond motifs is 1. The van der Waals surface area contributed by atoms with Crippen LogP contribution in [0.3, 0.4) is 0 Å². The molecule has 1 aliphatic heterocycles. The Balaban J connectivity index is 2.51. The number of nitrogens with zero attached hydrogens (tertiary/aromatic N) is 1. The molecule has 2 N–H and O–H groups in total. The Hall–Kier alpha value is -0.960. The summed E-state index contributed by atoms with van der Waals surface area (Å²) < 4.78 is 0. The minimum Gasteiger partial charge on any atom is -0.386 e. The van der Waals surface area contributed by atoms with E-state index in [1.807, 2.05) is 6.07 Å². The van der Waals surface area contributed by atoms with Crippen LogP contribution in [0, 0.1) is 6.92 Å². The van der Waals surface area contributed by atoms with Crippen LogP contribution in [0.5, 0.6) is 0 Å². The first-order valence-corrected chi connectivity index (χ1v) is 4.81. The molecule has 0 saturated heterocycles. The van der Waals surface area contributed by atoms with Crippen molar-refractivity contribution < 1.29 is 0 Å². The van der Waals surface area contributed by atoms with E-state index < -0.39 is 0 Å². The van der Waals surface area contributed by atoms with Gasteiger partial charge in [-0.25, -0.2) is 4.99 Å². The number of rotatable bonds is 0. The van der Waals surface area contributed by atoms with Crippen molar-refractivity contribution in [2.75, 3.05) is 5.75 Å². The topological polar surface area (TPSA) is 38.4 Å². The van der Waals surface area contributed by atoms with E-state index in [4.69, 9.17) is 5.73 Å². The number of hydrogen-bond donors (Lipinski definition) is 1. The predicted molar refractivity (Wildman–Crippen MR) is 53.2 cm³/mol. The first-order valence-electron chi connectivity index (χ1n) is 3.82. The van der Waals surface area contributed by atoms with Gasteiger partial charge in [-0.3, -0.25) is 0 Å². The van der Waals surface area contributed by atoms with Crippen molar-refractivity contribution in [2.45, 2.75) is 11.8 Å². The van der Waals surface area contributed by atoms with E-state index in [-0.39, 0.29) is 0 Å². The Morgan fingerprint density at radius 3 is 3.17 bits per heavy atom. The Labute approximate surface area is 75.9 Å². The van der Waals surface area contributed by atoms with Gasteiger partial charge in [0.2, 0.25) is 0 Å². The van der Waals surface area contributed by atoms with Crippen LogP contribution in [-0.2, 0) is 0 Å². The maximum atomic E-state index is 5.62. The Bertz CT molecular complexity index is 344. The Morgan fingerprint density at radius 1 is 1.50 bits per heavy atom. The molecule has 0 bridgehead atoms. The van der Waals surface area contributed by atoms with E-state index in [0.717, 1.165) is 17.3 Å². The van der Waals surface area contributed by atoms with Gasteiger partial charge in [0, 0.05) is 4.90 Å². The zero-order valence-electron chi connectivity index (χ0n) is 6.87. The Morgan fingerprint density at radius 2 is 2.33 bits per heavy atom. The van der Waals surface area contributed by atoms with E-state index in [2.05, 4.69) is 24.0 Å². The lowest BCUT2D eigenvalue weighted by atomic mass is 10.2. The number of thioether (sulfide) groups is 1. The zero-order valence-corrected chi connectivity index (χ0v) is 7.69. The van der Waals surface area contributed by atoms with Gasteiger partial charge in [0.1, 0.15) is 5.84 Å². The zero-order chi connectivity index (χ0) is 8.55. The second-order valence-electron chi connectivity index (χ2n) is 2.86. The summed E-state index contributed by atoms with van der Waals surface area (Å²) in [6.45, 7) is 2.09. The van der Waals surface area contributed by atoms with Crippen LogP contribution < -0.4 is 5.73 Å². The molecule has 0 aromatic heterocycles. The minimum atomic E-state index is 0.719.